The van der Waals surface area contributed by atoms with Crippen LogP contribution in [0.4, 0.5) is 0 Å². The first kappa shape index (κ1) is 18.1. The standard InChI is InChI=1S/C24H20N4O2/c1-15-8-4-5-9-19(15)23-27-22-24(26-21-11-7-6-10-20(21)25-22)28(23)16-12-17(29-2)14-18(13-16)30-3/h4-14H,1-3H3. The summed E-state index contributed by atoms with van der Waals surface area (Å²) in [5.41, 5.74) is 5.88. The summed E-state index contributed by atoms with van der Waals surface area (Å²) >= 11 is 0. The first-order chi connectivity index (χ1) is 14.7. The number of benzene rings is 3. The molecule has 0 amide bonds. The molecule has 2 aromatic heterocycles. The number of aromatic nitrogens is 4. The predicted octanol–water partition coefficient (Wildman–Crippen LogP) is 4.96. The molecule has 0 aliphatic rings. The van der Waals surface area contributed by atoms with Crippen LogP contribution in [0.1, 0.15) is 5.56 Å². The highest BCUT2D eigenvalue weighted by Crippen LogP contribution is 2.33. The maximum Gasteiger partial charge on any atom is 0.199 e. The van der Waals surface area contributed by atoms with Crippen molar-refractivity contribution >= 4 is 22.3 Å². The van der Waals surface area contributed by atoms with E-state index in [1.54, 1.807) is 14.2 Å². The van der Waals surface area contributed by atoms with Crippen molar-refractivity contribution in [1.29, 1.82) is 0 Å². The molecule has 30 heavy (non-hydrogen) atoms. The molecule has 0 aliphatic carbocycles. The third-order valence-electron chi connectivity index (χ3n) is 5.15. The van der Waals surface area contributed by atoms with E-state index in [4.69, 9.17) is 24.4 Å². The van der Waals surface area contributed by atoms with Crippen LogP contribution < -0.4 is 9.47 Å². The first-order valence-electron chi connectivity index (χ1n) is 9.62. The van der Waals surface area contributed by atoms with Gasteiger partial charge in [-0.15, -0.1) is 0 Å². The third kappa shape index (κ3) is 2.93. The van der Waals surface area contributed by atoms with Gasteiger partial charge in [-0.05, 0) is 24.6 Å². The molecular weight excluding hydrogens is 376 g/mol. The zero-order chi connectivity index (χ0) is 20.7. The van der Waals surface area contributed by atoms with E-state index in [1.807, 2.05) is 59.2 Å². The van der Waals surface area contributed by atoms with Gasteiger partial charge in [0.25, 0.3) is 0 Å². The number of hydrogen-bond acceptors (Lipinski definition) is 5. The number of imidazole rings is 1. The van der Waals surface area contributed by atoms with Crippen LogP contribution in [0, 0.1) is 6.92 Å². The van der Waals surface area contributed by atoms with Crippen LogP contribution >= 0.6 is 0 Å². The second kappa shape index (κ2) is 7.15. The molecule has 3 aromatic carbocycles. The molecule has 0 bridgehead atoms. The summed E-state index contributed by atoms with van der Waals surface area (Å²) < 4.78 is 13.0. The van der Waals surface area contributed by atoms with Gasteiger partial charge in [0.15, 0.2) is 11.3 Å². The van der Waals surface area contributed by atoms with Crippen molar-refractivity contribution in [2.24, 2.45) is 0 Å². The van der Waals surface area contributed by atoms with Crippen LogP contribution in [0.2, 0.25) is 0 Å². The average Bonchev–Trinajstić information content (AvgIpc) is 3.15. The van der Waals surface area contributed by atoms with E-state index in [9.17, 15) is 0 Å². The van der Waals surface area contributed by atoms with E-state index in [0.717, 1.165) is 33.7 Å². The molecule has 0 fully saturated rings. The lowest BCUT2D eigenvalue weighted by Gasteiger charge is -2.13. The Morgan fingerprint density at radius 2 is 1.37 bits per heavy atom. The molecule has 0 unspecified atom stereocenters. The van der Waals surface area contributed by atoms with Crippen LogP contribution in [0.5, 0.6) is 11.5 Å². The Labute approximate surface area is 173 Å². The summed E-state index contributed by atoms with van der Waals surface area (Å²) in [5, 5.41) is 0. The van der Waals surface area contributed by atoms with Crippen LogP contribution in [0.3, 0.4) is 0 Å². The summed E-state index contributed by atoms with van der Waals surface area (Å²) in [4.78, 5) is 14.6. The van der Waals surface area contributed by atoms with Crippen molar-refractivity contribution in [3.63, 3.8) is 0 Å². The van der Waals surface area contributed by atoms with Crippen LogP contribution in [0.15, 0.2) is 66.7 Å². The molecule has 0 N–H and O–H groups in total. The van der Waals surface area contributed by atoms with Gasteiger partial charge in [0, 0.05) is 23.8 Å². The average molecular weight is 396 g/mol. The van der Waals surface area contributed by atoms with Gasteiger partial charge in [0.1, 0.15) is 17.3 Å². The first-order valence-corrected chi connectivity index (χ1v) is 9.62. The Morgan fingerprint density at radius 1 is 0.733 bits per heavy atom. The summed E-state index contributed by atoms with van der Waals surface area (Å²) in [6.45, 7) is 2.07. The predicted molar refractivity (Wildman–Crippen MR) is 117 cm³/mol. The van der Waals surface area contributed by atoms with Crippen LogP contribution in [-0.2, 0) is 0 Å². The SMILES string of the molecule is COc1cc(OC)cc(-n2c(-c3ccccc3C)nc3nc4ccccc4nc32)c1. The minimum Gasteiger partial charge on any atom is -0.497 e. The molecule has 6 heteroatoms. The monoisotopic (exact) mass is 396 g/mol. The number of methoxy groups -OCH3 is 2. The van der Waals surface area contributed by atoms with Gasteiger partial charge in [-0.3, -0.25) is 4.57 Å². The number of rotatable bonds is 4. The number of fused-ring (bicyclic) bond motifs is 2. The zero-order valence-corrected chi connectivity index (χ0v) is 17.0. The van der Waals surface area contributed by atoms with E-state index in [0.29, 0.717) is 22.8 Å². The Hall–Kier alpha value is -3.93. The molecule has 0 aliphatic heterocycles. The highest BCUT2D eigenvalue weighted by molar-refractivity contribution is 5.86. The maximum absolute atomic E-state index is 5.50. The van der Waals surface area contributed by atoms with Gasteiger partial charge in [-0.25, -0.2) is 15.0 Å². The van der Waals surface area contributed by atoms with Gasteiger partial charge in [-0.1, -0.05) is 36.4 Å². The van der Waals surface area contributed by atoms with E-state index >= 15 is 0 Å². The van der Waals surface area contributed by atoms with Gasteiger partial charge < -0.3 is 9.47 Å². The summed E-state index contributed by atoms with van der Waals surface area (Å²) in [7, 11) is 3.28. The highest BCUT2D eigenvalue weighted by Gasteiger charge is 2.19. The Balaban J connectivity index is 1.90. The highest BCUT2D eigenvalue weighted by atomic mass is 16.5. The van der Waals surface area contributed by atoms with E-state index < -0.39 is 0 Å². The normalized spacial score (nSPS) is 11.2. The van der Waals surface area contributed by atoms with E-state index in [1.165, 1.54) is 0 Å². The minimum atomic E-state index is 0.591. The van der Waals surface area contributed by atoms with E-state index in [-0.39, 0.29) is 0 Å². The lowest BCUT2D eigenvalue weighted by Crippen LogP contribution is -2.01. The molecule has 0 radical (unpaired) electrons. The van der Waals surface area contributed by atoms with Crippen molar-refractivity contribution in [2.45, 2.75) is 6.92 Å². The number of aryl methyl sites for hydroxylation is 1. The second-order valence-electron chi connectivity index (χ2n) is 7.02. The quantitative estimate of drug-likeness (QED) is 0.430. The van der Waals surface area contributed by atoms with Crippen molar-refractivity contribution in [3.05, 3.63) is 72.3 Å². The topological polar surface area (TPSA) is 62.1 Å². The van der Waals surface area contributed by atoms with Crippen molar-refractivity contribution in [3.8, 4) is 28.6 Å². The van der Waals surface area contributed by atoms with Gasteiger partial charge in [0.05, 0.1) is 30.9 Å². The molecule has 6 nitrogen and oxygen atoms in total. The number of hydrogen-bond donors (Lipinski definition) is 0. The summed E-state index contributed by atoms with van der Waals surface area (Å²) in [6.07, 6.45) is 0. The van der Waals surface area contributed by atoms with Gasteiger partial charge in [-0.2, -0.15) is 0 Å². The van der Waals surface area contributed by atoms with Crippen molar-refractivity contribution in [2.75, 3.05) is 14.2 Å². The smallest absolute Gasteiger partial charge is 0.199 e. The summed E-state index contributed by atoms with van der Waals surface area (Å²) in [6, 6.07) is 21.7. The largest absolute Gasteiger partial charge is 0.497 e. The molecule has 0 spiro atoms. The molecule has 0 saturated heterocycles. The number of para-hydroxylation sites is 2. The fourth-order valence-corrected chi connectivity index (χ4v) is 3.63. The summed E-state index contributed by atoms with van der Waals surface area (Å²) in [5.74, 6) is 2.15. The fourth-order valence-electron chi connectivity index (χ4n) is 3.63. The van der Waals surface area contributed by atoms with Gasteiger partial charge >= 0.3 is 0 Å². The lowest BCUT2D eigenvalue weighted by molar-refractivity contribution is 0.394. The molecule has 2 heterocycles. The van der Waals surface area contributed by atoms with E-state index in [2.05, 4.69) is 19.1 Å². The van der Waals surface area contributed by atoms with Crippen LogP contribution in [0.25, 0.3) is 39.4 Å². The molecule has 0 atom stereocenters. The Bertz CT molecular complexity index is 1370. The second-order valence-corrected chi connectivity index (χ2v) is 7.02. The zero-order valence-electron chi connectivity index (χ0n) is 17.0. The van der Waals surface area contributed by atoms with Crippen LogP contribution in [-0.4, -0.2) is 33.7 Å². The minimum absolute atomic E-state index is 0.591. The molecule has 0 saturated carbocycles. The maximum atomic E-state index is 5.50. The fraction of sp³-hybridized carbons (Fsp3) is 0.125. The van der Waals surface area contributed by atoms with Crippen molar-refractivity contribution in [1.82, 2.24) is 19.5 Å². The molecule has 5 aromatic rings. The lowest BCUT2D eigenvalue weighted by atomic mass is 10.1. The third-order valence-corrected chi connectivity index (χ3v) is 5.15. The molecule has 5 rings (SSSR count). The number of ether oxygens (including phenoxy) is 2. The number of nitrogens with zero attached hydrogens (tertiary/aromatic N) is 4. The molecular formula is C24H20N4O2. The molecule has 148 valence electrons. The Morgan fingerprint density at radius 3 is 2.03 bits per heavy atom. The Kier molecular flexibility index (Phi) is 4.32. The van der Waals surface area contributed by atoms with Gasteiger partial charge in [0.2, 0.25) is 0 Å². The van der Waals surface area contributed by atoms with Crippen molar-refractivity contribution < 1.29 is 9.47 Å².